The van der Waals surface area contributed by atoms with Gasteiger partial charge in [-0.2, -0.15) is 14.7 Å². The molecule has 1 aliphatic rings. The number of amides is 2. The summed E-state index contributed by atoms with van der Waals surface area (Å²) in [6, 6.07) is 8.96. The lowest BCUT2D eigenvalue weighted by atomic mass is 9.89. The molecule has 6 aromatic rings. The lowest BCUT2D eigenvalue weighted by molar-refractivity contribution is -0.129. The van der Waals surface area contributed by atoms with Crippen LogP contribution in [0.2, 0.25) is 0 Å². The molecule has 0 atom stereocenters. The van der Waals surface area contributed by atoms with E-state index in [1.807, 2.05) is 36.2 Å². The number of halogens is 1. The van der Waals surface area contributed by atoms with E-state index < -0.39 is 0 Å². The molecule has 14 heteroatoms. The SMILES string of the molecule is CC(=O)N1CCC(c2nn(CC(=O)Nc3nn4cnnc4s3)c3cccc(-c4cc5c(cnn5C)cc4F)c23)CC1. The van der Waals surface area contributed by atoms with Gasteiger partial charge < -0.3 is 4.90 Å². The van der Waals surface area contributed by atoms with Crippen LogP contribution in [0.4, 0.5) is 9.52 Å². The number of piperidine rings is 1. The first kappa shape index (κ1) is 25.3. The van der Waals surface area contributed by atoms with Crippen molar-refractivity contribution in [1.82, 2.24) is 44.3 Å². The van der Waals surface area contributed by atoms with Gasteiger partial charge in [0.2, 0.25) is 21.9 Å². The standard InChI is InChI=1S/C27H25FN10O2S/c1-15(39)36-8-6-16(7-9-36)25-24-18(19-11-22-17(10-20(19)28)12-30-35(22)2)4-3-5-21(24)37(33-25)13-23(40)31-26-34-38-14-29-32-27(38)41-26/h3-5,10-12,14,16H,6-9,13H2,1-2H3,(H,31,34,40). The molecular weight excluding hydrogens is 547 g/mol. The van der Waals surface area contributed by atoms with E-state index in [1.165, 1.54) is 28.2 Å². The van der Waals surface area contributed by atoms with Gasteiger partial charge >= 0.3 is 0 Å². The van der Waals surface area contributed by atoms with Crippen LogP contribution in [0.3, 0.4) is 0 Å². The Morgan fingerprint density at radius 3 is 2.73 bits per heavy atom. The molecule has 1 N–H and O–H groups in total. The monoisotopic (exact) mass is 572 g/mol. The van der Waals surface area contributed by atoms with Gasteiger partial charge in [-0.3, -0.25) is 24.3 Å². The fourth-order valence-electron chi connectivity index (χ4n) is 5.64. The Bertz CT molecular complexity index is 1930. The third-order valence-corrected chi connectivity index (χ3v) is 8.51. The van der Waals surface area contributed by atoms with Gasteiger partial charge in [-0.1, -0.05) is 23.5 Å². The van der Waals surface area contributed by atoms with Gasteiger partial charge in [0.25, 0.3) is 0 Å². The summed E-state index contributed by atoms with van der Waals surface area (Å²) in [5, 5.41) is 26.0. The third kappa shape index (κ3) is 4.40. The molecule has 0 saturated carbocycles. The number of hydrogen-bond acceptors (Lipinski definition) is 8. The molecule has 5 heterocycles. The van der Waals surface area contributed by atoms with Crippen molar-refractivity contribution in [2.75, 3.05) is 18.4 Å². The van der Waals surface area contributed by atoms with Crippen molar-refractivity contribution >= 4 is 55.0 Å². The Kier molecular flexibility index (Phi) is 5.99. The van der Waals surface area contributed by atoms with Crippen molar-refractivity contribution in [2.45, 2.75) is 32.2 Å². The summed E-state index contributed by atoms with van der Waals surface area (Å²) < 4.78 is 20.5. The number of nitrogens with one attached hydrogen (secondary N) is 1. The van der Waals surface area contributed by atoms with Gasteiger partial charge in [0.05, 0.1) is 22.9 Å². The zero-order valence-corrected chi connectivity index (χ0v) is 23.1. The van der Waals surface area contributed by atoms with Crippen molar-refractivity contribution in [2.24, 2.45) is 7.05 Å². The lowest BCUT2D eigenvalue weighted by Gasteiger charge is -2.30. The first-order chi connectivity index (χ1) is 19.9. The highest BCUT2D eigenvalue weighted by atomic mass is 32.1. The first-order valence-corrected chi connectivity index (χ1v) is 14.0. The zero-order chi connectivity index (χ0) is 28.2. The van der Waals surface area contributed by atoms with E-state index in [0.29, 0.717) is 34.3 Å². The second-order valence-corrected chi connectivity index (χ2v) is 11.2. The minimum Gasteiger partial charge on any atom is -0.343 e. The summed E-state index contributed by atoms with van der Waals surface area (Å²) in [5.41, 5.74) is 3.48. The molecule has 0 unspecified atom stereocenters. The number of aromatic nitrogens is 8. The van der Waals surface area contributed by atoms with Gasteiger partial charge in [0.15, 0.2) is 0 Å². The highest BCUT2D eigenvalue weighted by Crippen LogP contribution is 2.39. The molecule has 1 saturated heterocycles. The number of aryl methyl sites for hydroxylation is 1. The Morgan fingerprint density at radius 2 is 1.95 bits per heavy atom. The number of fused-ring (bicyclic) bond motifs is 3. The minimum absolute atomic E-state index is 0.0429. The average molecular weight is 573 g/mol. The molecule has 0 bridgehead atoms. The van der Waals surface area contributed by atoms with Crippen LogP contribution in [0.5, 0.6) is 0 Å². The van der Waals surface area contributed by atoms with Crippen molar-refractivity contribution in [3.8, 4) is 11.1 Å². The van der Waals surface area contributed by atoms with E-state index in [-0.39, 0.29) is 30.1 Å². The Labute approximate surface area is 236 Å². The van der Waals surface area contributed by atoms with Crippen LogP contribution in [0, 0.1) is 5.82 Å². The number of carbonyl (C=O) groups is 2. The van der Waals surface area contributed by atoms with Crippen LogP contribution in [-0.4, -0.2) is 69.2 Å². The molecule has 7 rings (SSSR count). The van der Waals surface area contributed by atoms with E-state index in [9.17, 15) is 9.59 Å². The van der Waals surface area contributed by atoms with E-state index >= 15 is 4.39 Å². The number of benzene rings is 2. The molecule has 0 radical (unpaired) electrons. The summed E-state index contributed by atoms with van der Waals surface area (Å²) >= 11 is 1.22. The van der Waals surface area contributed by atoms with Crippen LogP contribution in [-0.2, 0) is 23.2 Å². The molecule has 1 aliphatic heterocycles. The predicted octanol–water partition coefficient (Wildman–Crippen LogP) is 3.59. The van der Waals surface area contributed by atoms with E-state index in [1.54, 1.807) is 22.5 Å². The molecule has 208 valence electrons. The van der Waals surface area contributed by atoms with Crippen LogP contribution in [0.1, 0.15) is 31.4 Å². The number of nitrogens with zero attached hydrogens (tertiary/aromatic N) is 9. The van der Waals surface area contributed by atoms with Crippen molar-refractivity contribution in [3.05, 3.63) is 54.4 Å². The Balaban J connectivity index is 1.31. The van der Waals surface area contributed by atoms with E-state index in [2.05, 4.69) is 25.7 Å². The van der Waals surface area contributed by atoms with Crippen molar-refractivity contribution in [3.63, 3.8) is 0 Å². The van der Waals surface area contributed by atoms with Crippen LogP contribution in [0.25, 0.3) is 37.9 Å². The quantitative estimate of drug-likeness (QED) is 0.334. The van der Waals surface area contributed by atoms with Crippen molar-refractivity contribution in [1.29, 1.82) is 0 Å². The van der Waals surface area contributed by atoms with Crippen LogP contribution < -0.4 is 5.32 Å². The second kappa shape index (κ2) is 9.73. The number of hydrogen-bond donors (Lipinski definition) is 1. The summed E-state index contributed by atoms with van der Waals surface area (Å²) in [5.74, 6) is -0.566. The third-order valence-electron chi connectivity index (χ3n) is 7.68. The van der Waals surface area contributed by atoms with Crippen LogP contribution in [0.15, 0.2) is 42.9 Å². The molecule has 4 aromatic heterocycles. The fourth-order valence-corrected chi connectivity index (χ4v) is 6.38. The lowest BCUT2D eigenvalue weighted by Crippen LogP contribution is -2.36. The van der Waals surface area contributed by atoms with Gasteiger partial charge in [-0.15, -0.1) is 15.3 Å². The number of rotatable bonds is 5. The fraction of sp³-hybridized carbons (Fsp3) is 0.296. The normalized spacial score (nSPS) is 14.5. The number of anilines is 1. The zero-order valence-electron chi connectivity index (χ0n) is 22.3. The molecule has 2 amide bonds. The summed E-state index contributed by atoms with van der Waals surface area (Å²) in [7, 11) is 1.83. The smallest absolute Gasteiger partial charge is 0.247 e. The largest absolute Gasteiger partial charge is 0.343 e. The number of carbonyl (C=O) groups excluding carboxylic acids is 2. The molecule has 41 heavy (non-hydrogen) atoms. The van der Waals surface area contributed by atoms with Gasteiger partial charge in [0.1, 0.15) is 18.7 Å². The minimum atomic E-state index is -0.357. The molecule has 1 fully saturated rings. The van der Waals surface area contributed by atoms with Crippen LogP contribution >= 0.6 is 11.3 Å². The van der Waals surface area contributed by atoms with E-state index in [4.69, 9.17) is 5.10 Å². The highest BCUT2D eigenvalue weighted by Gasteiger charge is 2.28. The summed E-state index contributed by atoms with van der Waals surface area (Å²) in [6.07, 6.45) is 4.56. The molecule has 2 aromatic carbocycles. The topological polar surface area (TPSA) is 128 Å². The second-order valence-electron chi connectivity index (χ2n) is 10.2. The predicted molar refractivity (Wildman–Crippen MR) is 151 cm³/mol. The van der Waals surface area contributed by atoms with E-state index in [0.717, 1.165) is 40.3 Å². The molecule has 0 spiro atoms. The summed E-state index contributed by atoms with van der Waals surface area (Å²) in [6.45, 7) is 2.75. The van der Waals surface area contributed by atoms with Crippen molar-refractivity contribution < 1.29 is 14.0 Å². The highest BCUT2D eigenvalue weighted by molar-refractivity contribution is 7.20. The maximum atomic E-state index is 15.6. The number of likely N-dealkylation sites (tertiary alicyclic amines) is 1. The van der Waals surface area contributed by atoms with Gasteiger partial charge in [-0.05, 0) is 36.6 Å². The van der Waals surface area contributed by atoms with Gasteiger partial charge in [0, 0.05) is 49.3 Å². The van der Waals surface area contributed by atoms with Gasteiger partial charge in [-0.25, -0.2) is 4.39 Å². The molecular formula is C27H25FN10O2S. The average Bonchev–Trinajstić information content (AvgIpc) is 3.72. The summed E-state index contributed by atoms with van der Waals surface area (Å²) in [4.78, 5) is 27.5. The maximum absolute atomic E-state index is 15.6. The maximum Gasteiger partial charge on any atom is 0.247 e. The Hall–Kier alpha value is -4.72. The molecule has 0 aliphatic carbocycles. The Morgan fingerprint density at radius 1 is 1.12 bits per heavy atom. The molecule has 12 nitrogen and oxygen atoms in total. The first-order valence-electron chi connectivity index (χ1n) is 13.2.